The van der Waals surface area contributed by atoms with Crippen LogP contribution < -0.4 is 10.1 Å². The van der Waals surface area contributed by atoms with Crippen molar-refractivity contribution in [2.45, 2.75) is 19.8 Å². The predicted molar refractivity (Wildman–Crippen MR) is 70.1 cm³/mol. The van der Waals surface area contributed by atoms with Gasteiger partial charge in [0.2, 0.25) is 5.91 Å². The molecule has 0 aliphatic heterocycles. The number of carbonyl (C=O) groups is 2. The Hall–Kier alpha value is -2.04. The number of amides is 1. The van der Waals surface area contributed by atoms with Gasteiger partial charge in [-0.25, -0.2) is 0 Å². The number of carboxylic acids is 1. The fourth-order valence-corrected chi connectivity index (χ4v) is 1.88. The van der Waals surface area contributed by atoms with E-state index in [0.717, 1.165) is 6.42 Å². The third-order valence-corrected chi connectivity index (χ3v) is 3.02. The van der Waals surface area contributed by atoms with Crippen LogP contribution in [-0.2, 0) is 9.59 Å². The highest BCUT2D eigenvalue weighted by molar-refractivity contribution is 5.98. The standard InChI is InChI=1S/C14H17NO4/c1-2-6-19-10-5-3-4-9(7-10)15-13(16)11-8-12(11)14(17)18/h3-5,7,11-12H,2,6,8H2,1H3,(H,15,16)(H,17,18). The Balaban J connectivity index is 1.92. The van der Waals surface area contributed by atoms with Gasteiger partial charge in [-0.15, -0.1) is 0 Å². The molecule has 1 aromatic carbocycles. The Morgan fingerprint density at radius 2 is 2.21 bits per heavy atom. The summed E-state index contributed by atoms with van der Waals surface area (Å²) in [5, 5.41) is 11.5. The van der Waals surface area contributed by atoms with E-state index in [4.69, 9.17) is 9.84 Å². The molecule has 1 aliphatic carbocycles. The van der Waals surface area contributed by atoms with Crippen LogP contribution in [0, 0.1) is 11.8 Å². The number of nitrogens with one attached hydrogen (secondary N) is 1. The zero-order chi connectivity index (χ0) is 13.8. The van der Waals surface area contributed by atoms with E-state index in [0.29, 0.717) is 24.5 Å². The second-order valence-electron chi connectivity index (χ2n) is 4.65. The molecule has 102 valence electrons. The van der Waals surface area contributed by atoms with Crippen LogP contribution in [0.5, 0.6) is 5.75 Å². The molecule has 0 aromatic heterocycles. The molecule has 0 radical (unpaired) electrons. The maximum atomic E-state index is 11.8. The van der Waals surface area contributed by atoms with E-state index in [1.807, 2.05) is 13.0 Å². The number of hydrogen-bond acceptors (Lipinski definition) is 3. The summed E-state index contributed by atoms with van der Waals surface area (Å²) in [6.45, 7) is 2.64. The minimum absolute atomic E-state index is 0.236. The molecule has 1 saturated carbocycles. The summed E-state index contributed by atoms with van der Waals surface area (Å²) in [7, 11) is 0. The molecule has 2 unspecified atom stereocenters. The Morgan fingerprint density at radius 3 is 2.84 bits per heavy atom. The second kappa shape index (κ2) is 5.73. The van der Waals surface area contributed by atoms with Crippen LogP contribution in [0.1, 0.15) is 19.8 Å². The van der Waals surface area contributed by atoms with E-state index in [9.17, 15) is 9.59 Å². The van der Waals surface area contributed by atoms with Gasteiger partial charge in [0.15, 0.2) is 0 Å². The average Bonchev–Trinajstić information content (AvgIpc) is 3.17. The number of rotatable bonds is 6. The molecule has 1 fully saturated rings. The first-order chi connectivity index (χ1) is 9.11. The molecular weight excluding hydrogens is 246 g/mol. The number of benzene rings is 1. The lowest BCUT2D eigenvalue weighted by Crippen LogP contribution is -2.16. The molecule has 2 rings (SSSR count). The lowest BCUT2D eigenvalue weighted by Gasteiger charge is -2.08. The number of carbonyl (C=O) groups excluding carboxylic acids is 1. The van der Waals surface area contributed by atoms with Crippen LogP contribution in [0.25, 0.3) is 0 Å². The van der Waals surface area contributed by atoms with Crippen molar-refractivity contribution in [1.82, 2.24) is 0 Å². The lowest BCUT2D eigenvalue weighted by molar-refractivity contribution is -0.139. The number of hydrogen-bond donors (Lipinski definition) is 2. The molecule has 0 heterocycles. The van der Waals surface area contributed by atoms with E-state index < -0.39 is 17.8 Å². The molecule has 5 nitrogen and oxygen atoms in total. The number of aliphatic carboxylic acids is 1. The van der Waals surface area contributed by atoms with Gasteiger partial charge in [0.05, 0.1) is 18.4 Å². The minimum atomic E-state index is -0.903. The first-order valence-corrected chi connectivity index (χ1v) is 6.38. The predicted octanol–water partition coefficient (Wildman–Crippen LogP) is 2.13. The highest BCUT2D eigenvalue weighted by Crippen LogP contribution is 2.39. The maximum Gasteiger partial charge on any atom is 0.307 e. The Kier molecular flexibility index (Phi) is 4.04. The quantitative estimate of drug-likeness (QED) is 0.824. The second-order valence-corrected chi connectivity index (χ2v) is 4.65. The van der Waals surface area contributed by atoms with Crippen molar-refractivity contribution in [3.8, 4) is 5.75 Å². The van der Waals surface area contributed by atoms with Gasteiger partial charge in [-0.2, -0.15) is 0 Å². The van der Waals surface area contributed by atoms with Gasteiger partial charge < -0.3 is 15.2 Å². The van der Waals surface area contributed by atoms with E-state index in [-0.39, 0.29) is 5.91 Å². The van der Waals surface area contributed by atoms with Gasteiger partial charge in [0.1, 0.15) is 5.75 Å². The summed E-state index contributed by atoms with van der Waals surface area (Å²) < 4.78 is 5.47. The Labute approximate surface area is 111 Å². The van der Waals surface area contributed by atoms with Crippen LogP contribution in [-0.4, -0.2) is 23.6 Å². The molecule has 0 spiro atoms. The smallest absolute Gasteiger partial charge is 0.307 e. The zero-order valence-electron chi connectivity index (χ0n) is 10.8. The van der Waals surface area contributed by atoms with Gasteiger partial charge in [-0.05, 0) is 25.0 Å². The van der Waals surface area contributed by atoms with Gasteiger partial charge >= 0.3 is 5.97 Å². The van der Waals surface area contributed by atoms with Crippen molar-refractivity contribution in [3.05, 3.63) is 24.3 Å². The summed E-state index contributed by atoms with van der Waals surface area (Å²) in [4.78, 5) is 22.5. The summed E-state index contributed by atoms with van der Waals surface area (Å²) in [5.74, 6) is -1.37. The van der Waals surface area contributed by atoms with Crippen molar-refractivity contribution in [2.24, 2.45) is 11.8 Å². The molecule has 2 N–H and O–H groups in total. The first-order valence-electron chi connectivity index (χ1n) is 6.38. The number of ether oxygens (including phenoxy) is 1. The molecule has 19 heavy (non-hydrogen) atoms. The molecule has 1 aromatic rings. The highest BCUT2D eigenvalue weighted by Gasteiger charge is 2.48. The van der Waals surface area contributed by atoms with E-state index in [2.05, 4.69) is 5.32 Å². The topological polar surface area (TPSA) is 75.6 Å². The summed E-state index contributed by atoms with van der Waals surface area (Å²) in [5.41, 5.74) is 0.634. The first kappa shape index (κ1) is 13.4. The third-order valence-electron chi connectivity index (χ3n) is 3.02. The van der Waals surface area contributed by atoms with Crippen molar-refractivity contribution >= 4 is 17.6 Å². The molecule has 1 aliphatic rings. The van der Waals surface area contributed by atoms with Crippen LogP contribution in [0.2, 0.25) is 0 Å². The largest absolute Gasteiger partial charge is 0.494 e. The molecular formula is C14H17NO4. The summed E-state index contributed by atoms with van der Waals surface area (Å²) in [6.07, 6.45) is 1.34. The lowest BCUT2D eigenvalue weighted by atomic mass is 10.2. The van der Waals surface area contributed by atoms with Crippen LogP contribution in [0.4, 0.5) is 5.69 Å². The van der Waals surface area contributed by atoms with Gasteiger partial charge in [-0.3, -0.25) is 9.59 Å². The number of carboxylic acid groups (broad SMARTS) is 1. The molecule has 1 amide bonds. The minimum Gasteiger partial charge on any atom is -0.494 e. The molecule has 0 bridgehead atoms. The fraction of sp³-hybridized carbons (Fsp3) is 0.429. The van der Waals surface area contributed by atoms with Crippen molar-refractivity contribution < 1.29 is 19.4 Å². The van der Waals surface area contributed by atoms with Crippen molar-refractivity contribution in [2.75, 3.05) is 11.9 Å². The Morgan fingerprint density at radius 1 is 1.42 bits per heavy atom. The van der Waals surface area contributed by atoms with Crippen LogP contribution >= 0.6 is 0 Å². The third kappa shape index (κ3) is 3.47. The monoisotopic (exact) mass is 263 g/mol. The van der Waals surface area contributed by atoms with Crippen LogP contribution in [0.3, 0.4) is 0 Å². The van der Waals surface area contributed by atoms with Gasteiger partial charge in [0.25, 0.3) is 0 Å². The number of anilines is 1. The van der Waals surface area contributed by atoms with Gasteiger partial charge in [0, 0.05) is 11.8 Å². The molecule has 5 heteroatoms. The van der Waals surface area contributed by atoms with Crippen molar-refractivity contribution in [3.63, 3.8) is 0 Å². The van der Waals surface area contributed by atoms with E-state index in [1.165, 1.54) is 0 Å². The average molecular weight is 263 g/mol. The van der Waals surface area contributed by atoms with E-state index in [1.54, 1.807) is 18.2 Å². The fourth-order valence-electron chi connectivity index (χ4n) is 1.88. The Bertz CT molecular complexity index is 486. The molecule has 0 saturated heterocycles. The normalized spacial score (nSPS) is 20.7. The van der Waals surface area contributed by atoms with Crippen molar-refractivity contribution in [1.29, 1.82) is 0 Å². The summed E-state index contributed by atoms with van der Waals surface area (Å²) in [6, 6.07) is 7.12. The molecule has 2 atom stereocenters. The summed E-state index contributed by atoms with van der Waals surface area (Å²) >= 11 is 0. The van der Waals surface area contributed by atoms with Gasteiger partial charge in [-0.1, -0.05) is 13.0 Å². The van der Waals surface area contributed by atoms with Crippen LogP contribution in [0.15, 0.2) is 24.3 Å². The van der Waals surface area contributed by atoms with E-state index >= 15 is 0 Å². The highest BCUT2D eigenvalue weighted by atomic mass is 16.5. The SMILES string of the molecule is CCCOc1cccc(NC(=O)C2CC2C(=O)O)c1. The zero-order valence-corrected chi connectivity index (χ0v) is 10.8. The maximum absolute atomic E-state index is 11.8.